The number of nitrogens with one attached hydrogen (secondary N) is 2. The van der Waals surface area contributed by atoms with Gasteiger partial charge in [0.25, 0.3) is 0 Å². The fraction of sp³-hybridized carbons (Fsp3) is 0.556. The van der Waals surface area contributed by atoms with E-state index in [2.05, 4.69) is 22.6 Å². The number of carbonyl (C=O) groups excluding carboxylic acids is 2. The summed E-state index contributed by atoms with van der Waals surface area (Å²) in [6, 6.07) is 4.73. The summed E-state index contributed by atoms with van der Waals surface area (Å²) in [5.74, 6) is -0.651. The lowest BCUT2D eigenvalue weighted by Crippen LogP contribution is -2.29. The number of hydrogen-bond acceptors (Lipinski definition) is 5. The summed E-state index contributed by atoms with van der Waals surface area (Å²) >= 11 is 0. The molecule has 2 rings (SSSR count). The number of hydrogen-bond donors (Lipinski definition) is 2. The van der Waals surface area contributed by atoms with Gasteiger partial charge in [0.1, 0.15) is 5.82 Å². The number of rotatable bonds is 6. The van der Waals surface area contributed by atoms with Gasteiger partial charge in [0, 0.05) is 38.3 Å². The molecule has 0 atom stereocenters. The summed E-state index contributed by atoms with van der Waals surface area (Å²) in [6.07, 6.45) is 0.515. The fourth-order valence-corrected chi connectivity index (χ4v) is 2.81. The Balaban J connectivity index is 1.86. The molecule has 1 heterocycles. The SMILES string of the molecule is CCOC(=O)NCCC(=O)Nc1ccc(N2CCCN(C)CC2)c(F)c1. The lowest BCUT2D eigenvalue weighted by molar-refractivity contribution is -0.116. The molecule has 0 radical (unpaired) electrons. The molecule has 1 aromatic rings. The van der Waals surface area contributed by atoms with Crippen molar-refractivity contribution in [3.8, 4) is 0 Å². The van der Waals surface area contributed by atoms with E-state index in [1.807, 2.05) is 4.90 Å². The Morgan fingerprint density at radius 1 is 1.23 bits per heavy atom. The molecule has 0 saturated carbocycles. The van der Waals surface area contributed by atoms with E-state index in [-0.39, 0.29) is 31.3 Å². The van der Waals surface area contributed by atoms with Crippen LogP contribution >= 0.6 is 0 Å². The van der Waals surface area contributed by atoms with Gasteiger partial charge in [0.05, 0.1) is 12.3 Å². The Morgan fingerprint density at radius 2 is 2.04 bits per heavy atom. The van der Waals surface area contributed by atoms with Crippen molar-refractivity contribution in [2.24, 2.45) is 0 Å². The molecule has 1 aliphatic rings. The second kappa shape index (κ2) is 9.96. The highest BCUT2D eigenvalue weighted by Crippen LogP contribution is 2.24. The second-order valence-electron chi connectivity index (χ2n) is 6.26. The molecule has 8 heteroatoms. The number of halogens is 1. The highest BCUT2D eigenvalue weighted by Gasteiger charge is 2.16. The Labute approximate surface area is 153 Å². The average Bonchev–Trinajstić information content (AvgIpc) is 2.80. The van der Waals surface area contributed by atoms with Gasteiger partial charge in [0.2, 0.25) is 5.91 Å². The summed E-state index contributed by atoms with van der Waals surface area (Å²) < 4.78 is 19.2. The summed E-state index contributed by atoms with van der Waals surface area (Å²) in [5.41, 5.74) is 0.960. The molecule has 144 valence electrons. The van der Waals surface area contributed by atoms with Crippen LogP contribution in [0.4, 0.5) is 20.6 Å². The highest BCUT2D eigenvalue weighted by molar-refractivity contribution is 5.91. The van der Waals surface area contributed by atoms with Crippen molar-refractivity contribution < 1.29 is 18.7 Å². The molecule has 0 bridgehead atoms. The summed E-state index contributed by atoms with van der Waals surface area (Å²) in [6.45, 7) is 5.63. The van der Waals surface area contributed by atoms with Crippen LogP contribution in [0.15, 0.2) is 18.2 Å². The molecule has 2 amide bonds. The standard InChI is InChI=1S/C18H27FN4O3/c1-3-26-18(25)20-8-7-17(24)21-14-5-6-16(15(19)13-14)23-10-4-9-22(2)11-12-23/h5-6,13H,3-4,7-12H2,1-2H3,(H,20,25)(H,21,24). The molecule has 0 unspecified atom stereocenters. The lowest BCUT2D eigenvalue weighted by atomic mass is 10.2. The van der Waals surface area contributed by atoms with E-state index in [0.29, 0.717) is 11.4 Å². The molecule has 1 aliphatic heterocycles. The van der Waals surface area contributed by atoms with E-state index in [9.17, 15) is 14.0 Å². The zero-order chi connectivity index (χ0) is 18.9. The van der Waals surface area contributed by atoms with Gasteiger partial charge in [-0.25, -0.2) is 9.18 Å². The number of anilines is 2. The summed E-state index contributed by atoms with van der Waals surface area (Å²) in [5, 5.41) is 5.11. The predicted molar refractivity (Wildman–Crippen MR) is 99.0 cm³/mol. The van der Waals surface area contributed by atoms with E-state index in [0.717, 1.165) is 32.6 Å². The molecule has 7 nitrogen and oxygen atoms in total. The minimum absolute atomic E-state index is 0.0840. The van der Waals surface area contributed by atoms with Crippen molar-refractivity contribution in [1.29, 1.82) is 0 Å². The minimum Gasteiger partial charge on any atom is -0.450 e. The van der Waals surface area contributed by atoms with E-state index >= 15 is 0 Å². The van der Waals surface area contributed by atoms with Crippen molar-refractivity contribution in [2.75, 3.05) is 56.6 Å². The van der Waals surface area contributed by atoms with Crippen LogP contribution in [0.25, 0.3) is 0 Å². The lowest BCUT2D eigenvalue weighted by Gasteiger charge is -2.23. The Morgan fingerprint density at radius 3 is 2.77 bits per heavy atom. The number of amides is 2. The molecular weight excluding hydrogens is 339 g/mol. The number of nitrogens with zero attached hydrogens (tertiary/aromatic N) is 2. The Kier molecular flexibility index (Phi) is 7.65. The maximum atomic E-state index is 14.5. The van der Waals surface area contributed by atoms with Crippen molar-refractivity contribution >= 4 is 23.4 Å². The zero-order valence-electron chi connectivity index (χ0n) is 15.4. The molecule has 0 aliphatic carbocycles. The molecule has 2 N–H and O–H groups in total. The fourth-order valence-electron chi connectivity index (χ4n) is 2.81. The van der Waals surface area contributed by atoms with Crippen molar-refractivity contribution in [3.63, 3.8) is 0 Å². The molecular formula is C18H27FN4O3. The number of ether oxygens (including phenoxy) is 1. The number of likely N-dealkylation sites (N-methyl/N-ethyl adjacent to an activating group) is 1. The monoisotopic (exact) mass is 366 g/mol. The molecule has 0 spiro atoms. The summed E-state index contributed by atoms with van der Waals surface area (Å²) in [7, 11) is 2.06. The molecule has 1 saturated heterocycles. The van der Waals surface area contributed by atoms with Gasteiger partial charge >= 0.3 is 6.09 Å². The smallest absolute Gasteiger partial charge is 0.407 e. The van der Waals surface area contributed by atoms with Gasteiger partial charge in [-0.05, 0) is 45.1 Å². The van der Waals surface area contributed by atoms with Crippen LogP contribution in [0.5, 0.6) is 0 Å². The summed E-state index contributed by atoms with van der Waals surface area (Å²) in [4.78, 5) is 27.3. The van der Waals surface area contributed by atoms with E-state index in [1.165, 1.54) is 6.07 Å². The van der Waals surface area contributed by atoms with Crippen LogP contribution in [0.1, 0.15) is 19.8 Å². The maximum Gasteiger partial charge on any atom is 0.407 e. The van der Waals surface area contributed by atoms with Crippen LogP contribution in [0.3, 0.4) is 0 Å². The van der Waals surface area contributed by atoms with Gasteiger partial charge in [-0.15, -0.1) is 0 Å². The quantitative estimate of drug-likeness (QED) is 0.806. The van der Waals surface area contributed by atoms with E-state index < -0.39 is 6.09 Å². The molecule has 26 heavy (non-hydrogen) atoms. The second-order valence-corrected chi connectivity index (χ2v) is 6.26. The van der Waals surface area contributed by atoms with Gasteiger partial charge in [-0.3, -0.25) is 4.79 Å². The highest BCUT2D eigenvalue weighted by atomic mass is 19.1. The number of carbonyl (C=O) groups is 2. The first-order chi connectivity index (χ1) is 12.5. The van der Waals surface area contributed by atoms with Crippen LogP contribution in [-0.2, 0) is 9.53 Å². The number of benzene rings is 1. The van der Waals surface area contributed by atoms with Gasteiger partial charge in [0.15, 0.2) is 0 Å². The van der Waals surface area contributed by atoms with Crippen LogP contribution in [-0.4, -0.2) is 63.3 Å². The first-order valence-corrected chi connectivity index (χ1v) is 8.93. The first-order valence-electron chi connectivity index (χ1n) is 8.93. The van der Waals surface area contributed by atoms with Gasteiger partial charge < -0.3 is 25.2 Å². The van der Waals surface area contributed by atoms with E-state index in [1.54, 1.807) is 19.1 Å². The third-order valence-corrected chi connectivity index (χ3v) is 4.19. The Bertz CT molecular complexity index is 626. The normalized spacial score (nSPS) is 15.3. The predicted octanol–water partition coefficient (Wildman–Crippen LogP) is 2.04. The molecule has 1 fully saturated rings. The average molecular weight is 366 g/mol. The molecule has 0 aromatic heterocycles. The third-order valence-electron chi connectivity index (χ3n) is 4.19. The minimum atomic E-state index is -0.557. The van der Waals surface area contributed by atoms with E-state index in [4.69, 9.17) is 4.74 Å². The third kappa shape index (κ3) is 6.18. The zero-order valence-corrected chi connectivity index (χ0v) is 15.4. The van der Waals surface area contributed by atoms with Crippen molar-refractivity contribution in [1.82, 2.24) is 10.2 Å². The number of alkyl carbamates (subject to hydrolysis) is 1. The maximum absolute atomic E-state index is 14.5. The van der Waals surface area contributed by atoms with Crippen LogP contribution in [0, 0.1) is 5.82 Å². The van der Waals surface area contributed by atoms with Crippen LogP contribution in [0.2, 0.25) is 0 Å². The Hall–Kier alpha value is -2.35. The first kappa shape index (κ1) is 20.0. The topological polar surface area (TPSA) is 73.9 Å². The van der Waals surface area contributed by atoms with Gasteiger partial charge in [-0.1, -0.05) is 0 Å². The van der Waals surface area contributed by atoms with Gasteiger partial charge in [-0.2, -0.15) is 0 Å². The van der Waals surface area contributed by atoms with Crippen molar-refractivity contribution in [2.45, 2.75) is 19.8 Å². The molecule has 1 aromatic carbocycles. The largest absolute Gasteiger partial charge is 0.450 e. The van der Waals surface area contributed by atoms with Crippen molar-refractivity contribution in [3.05, 3.63) is 24.0 Å². The van der Waals surface area contributed by atoms with Crippen LogP contribution < -0.4 is 15.5 Å².